The highest BCUT2D eigenvalue weighted by atomic mass is 16.2. The van der Waals surface area contributed by atoms with Crippen LogP contribution in [-0.2, 0) is 22.7 Å². The van der Waals surface area contributed by atoms with Crippen LogP contribution in [0, 0.1) is 5.92 Å². The molecular formula is C20H22N6O2. The minimum absolute atomic E-state index is 0.0195. The normalized spacial score (nSPS) is 16.6. The first-order valence-corrected chi connectivity index (χ1v) is 9.43. The molecule has 1 aliphatic heterocycles. The Balaban J connectivity index is 1.23. The Morgan fingerprint density at radius 1 is 1.18 bits per heavy atom. The van der Waals surface area contributed by atoms with Gasteiger partial charge in [0.25, 0.3) is 0 Å². The molecule has 1 atom stereocenters. The number of fused-ring (bicyclic) bond motifs is 1. The van der Waals surface area contributed by atoms with Crippen LogP contribution >= 0.6 is 0 Å². The van der Waals surface area contributed by atoms with Crippen LogP contribution < -0.4 is 5.32 Å². The van der Waals surface area contributed by atoms with Gasteiger partial charge < -0.3 is 10.2 Å². The summed E-state index contributed by atoms with van der Waals surface area (Å²) >= 11 is 0. The van der Waals surface area contributed by atoms with E-state index in [2.05, 4.69) is 20.6 Å². The van der Waals surface area contributed by atoms with Crippen LogP contribution in [0.2, 0.25) is 0 Å². The van der Waals surface area contributed by atoms with Gasteiger partial charge in [-0.15, -0.1) is 5.10 Å². The summed E-state index contributed by atoms with van der Waals surface area (Å²) in [5.41, 5.74) is 2.87. The quantitative estimate of drug-likeness (QED) is 0.627. The van der Waals surface area contributed by atoms with E-state index in [0.717, 1.165) is 23.0 Å². The van der Waals surface area contributed by atoms with E-state index in [4.69, 9.17) is 0 Å². The van der Waals surface area contributed by atoms with Crippen molar-refractivity contribution in [3.63, 3.8) is 0 Å². The third-order valence-electron chi connectivity index (χ3n) is 4.97. The Morgan fingerprint density at radius 3 is 2.86 bits per heavy atom. The first-order valence-electron chi connectivity index (χ1n) is 9.43. The minimum atomic E-state index is -0.290. The predicted octanol–water partition coefficient (Wildman–Crippen LogP) is 1.38. The van der Waals surface area contributed by atoms with E-state index in [-0.39, 0.29) is 24.2 Å². The summed E-state index contributed by atoms with van der Waals surface area (Å²) in [6, 6.07) is 11.6. The number of likely N-dealkylation sites (tertiary alicyclic amines) is 1. The summed E-state index contributed by atoms with van der Waals surface area (Å²) in [7, 11) is 0. The van der Waals surface area contributed by atoms with Gasteiger partial charge >= 0.3 is 0 Å². The number of amides is 2. The van der Waals surface area contributed by atoms with Gasteiger partial charge in [-0.05, 0) is 36.2 Å². The van der Waals surface area contributed by atoms with Gasteiger partial charge in [0.05, 0.1) is 11.4 Å². The van der Waals surface area contributed by atoms with E-state index in [9.17, 15) is 9.59 Å². The van der Waals surface area contributed by atoms with Crippen LogP contribution in [0.1, 0.15) is 18.4 Å². The van der Waals surface area contributed by atoms with Crippen molar-refractivity contribution in [1.82, 2.24) is 30.2 Å². The Morgan fingerprint density at radius 2 is 2.00 bits per heavy atom. The number of hydrogen-bond acceptors (Lipinski definition) is 5. The molecule has 0 spiro atoms. The summed E-state index contributed by atoms with van der Waals surface area (Å²) < 4.78 is 1.84. The van der Waals surface area contributed by atoms with Crippen molar-refractivity contribution >= 4 is 22.8 Å². The third-order valence-corrected chi connectivity index (χ3v) is 4.97. The molecule has 0 aliphatic carbocycles. The molecule has 0 radical (unpaired) electrons. The van der Waals surface area contributed by atoms with Crippen molar-refractivity contribution in [1.29, 1.82) is 0 Å². The fourth-order valence-corrected chi connectivity index (χ4v) is 3.48. The lowest BCUT2D eigenvalue weighted by atomic mass is 10.1. The number of hydrogen-bond donors (Lipinski definition) is 1. The van der Waals surface area contributed by atoms with Crippen LogP contribution in [0.3, 0.4) is 0 Å². The Hall–Kier alpha value is -3.29. The second-order valence-electron chi connectivity index (χ2n) is 6.98. The van der Waals surface area contributed by atoms with Gasteiger partial charge in [0.1, 0.15) is 5.52 Å². The second-order valence-corrected chi connectivity index (χ2v) is 6.98. The van der Waals surface area contributed by atoms with Crippen molar-refractivity contribution in [2.45, 2.75) is 25.9 Å². The van der Waals surface area contributed by atoms with Gasteiger partial charge in [-0.3, -0.25) is 14.6 Å². The molecule has 1 aliphatic rings. The number of carbonyl (C=O) groups is 2. The van der Waals surface area contributed by atoms with E-state index in [1.165, 1.54) is 0 Å². The molecule has 3 aromatic rings. The molecule has 0 saturated carbocycles. The average molecular weight is 378 g/mol. The van der Waals surface area contributed by atoms with E-state index in [1.807, 2.05) is 41.1 Å². The molecule has 3 heterocycles. The highest BCUT2D eigenvalue weighted by Crippen LogP contribution is 2.20. The highest BCUT2D eigenvalue weighted by molar-refractivity contribution is 5.89. The first kappa shape index (κ1) is 18.1. The molecule has 0 unspecified atom stereocenters. The van der Waals surface area contributed by atoms with Crippen molar-refractivity contribution < 1.29 is 9.59 Å². The number of aromatic nitrogens is 4. The van der Waals surface area contributed by atoms with Gasteiger partial charge in [-0.25, -0.2) is 4.68 Å². The van der Waals surface area contributed by atoms with Crippen LogP contribution in [-0.4, -0.2) is 49.8 Å². The second kappa shape index (κ2) is 8.16. The SMILES string of the molecule is O=C(NCCCn1nnc2ccccc21)[C@H]1CC(=O)N(Cc2ccncc2)C1. The van der Waals surface area contributed by atoms with Gasteiger partial charge in [0.15, 0.2) is 0 Å². The number of benzene rings is 1. The Labute approximate surface area is 162 Å². The maximum Gasteiger partial charge on any atom is 0.225 e. The number of nitrogens with one attached hydrogen (secondary N) is 1. The maximum atomic E-state index is 12.4. The predicted molar refractivity (Wildman–Crippen MR) is 103 cm³/mol. The zero-order valence-corrected chi connectivity index (χ0v) is 15.5. The molecule has 1 N–H and O–H groups in total. The van der Waals surface area contributed by atoms with Gasteiger partial charge in [-0.2, -0.15) is 0 Å². The number of aryl methyl sites for hydroxylation is 1. The molecule has 1 aromatic carbocycles. The van der Waals surface area contributed by atoms with Crippen molar-refractivity contribution in [3.8, 4) is 0 Å². The molecule has 144 valence electrons. The number of pyridine rings is 1. The van der Waals surface area contributed by atoms with Crippen LogP contribution in [0.25, 0.3) is 11.0 Å². The van der Waals surface area contributed by atoms with Crippen LogP contribution in [0.4, 0.5) is 0 Å². The molecule has 1 saturated heterocycles. The minimum Gasteiger partial charge on any atom is -0.356 e. The molecule has 8 heteroatoms. The molecule has 1 fully saturated rings. The highest BCUT2D eigenvalue weighted by Gasteiger charge is 2.33. The zero-order chi connectivity index (χ0) is 19.3. The largest absolute Gasteiger partial charge is 0.356 e. The molecule has 0 bridgehead atoms. The van der Waals surface area contributed by atoms with Crippen molar-refractivity contribution in [2.24, 2.45) is 5.92 Å². The summed E-state index contributed by atoms with van der Waals surface area (Å²) in [6.07, 6.45) is 4.43. The van der Waals surface area contributed by atoms with Crippen LogP contribution in [0.15, 0.2) is 48.8 Å². The summed E-state index contributed by atoms with van der Waals surface area (Å²) in [5, 5.41) is 11.2. The van der Waals surface area contributed by atoms with E-state index < -0.39 is 0 Å². The maximum absolute atomic E-state index is 12.4. The molecule has 28 heavy (non-hydrogen) atoms. The lowest BCUT2D eigenvalue weighted by molar-refractivity contribution is -0.129. The molecule has 2 aromatic heterocycles. The average Bonchev–Trinajstić information content (AvgIpc) is 3.30. The first-order chi connectivity index (χ1) is 13.7. The summed E-state index contributed by atoms with van der Waals surface area (Å²) in [4.78, 5) is 30.4. The third kappa shape index (κ3) is 4.00. The fourth-order valence-electron chi connectivity index (χ4n) is 3.48. The zero-order valence-electron chi connectivity index (χ0n) is 15.5. The standard InChI is InChI=1S/C20H22N6O2/c27-19-12-16(14-25(19)13-15-6-9-21-10-7-15)20(28)22-8-3-11-26-18-5-2-1-4-17(18)23-24-26/h1-2,4-7,9-10,16H,3,8,11-14H2,(H,22,28)/t16-/m0/s1. The van der Waals surface area contributed by atoms with Gasteiger partial charge in [0.2, 0.25) is 11.8 Å². The van der Waals surface area contributed by atoms with E-state index in [1.54, 1.807) is 17.3 Å². The van der Waals surface area contributed by atoms with E-state index in [0.29, 0.717) is 26.2 Å². The monoisotopic (exact) mass is 378 g/mol. The Kier molecular flexibility index (Phi) is 5.27. The smallest absolute Gasteiger partial charge is 0.225 e. The van der Waals surface area contributed by atoms with Gasteiger partial charge in [-0.1, -0.05) is 17.3 Å². The van der Waals surface area contributed by atoms with Crippen molar-refractivity contribution in [2.75, 3.05) is 13.1 Å². The molecular weight excluding hydrogens is 356 g/mol. The summed E-state index contributed by atoms with van der Waals surface area (Å²) in [6.45, 7) is 2.20. The Bertz CT molecular complexity index is 971. The lowest BCUT2D eigenvalue weighted by Crippen LogP contribution is -2.33. The van der Waals surface area contributed by atoms with E-state index >= 15 is 0 Å². The van der Waals surface area contributed by atoms with Gasteiger partial charge in [0, 0.05) is 45.0 Å². The number of carbonyl (C=O) groups excluding carboxylic acids is 2. The topological polar surface area (TPSA) is 93.0 Å². The molecule has 8 nitrogen and oxygen atoms in total. The lowest BCUT2D eigenvalue weighted by Gasteiger charge is -2.16. The van der Waals surface area contributed by atoms with Crippen molar-refractivity contribution in [3.05, 3.63) is 54.4 Å². The number of para-hydroxylation sites is 1. The number of rotatable bonds is 7. The van der Waals surface area contributed by atoms with Crippen LogP contribution in [0.5, 0.6) is 0 Å². The molecule has 2 amide bonds. The number of nitrogens with zero attached hydrogens (tertiary/aromatic N) is 5. The molecule has 4 rings (SSSR count). The summed E-state index contributed by atoms with van der Waals surface area (Å²) in [5.74, 6) is -0.332. The fraction of sp³-hybridized carbons (Fsp3) is 0.350.